The number of carboxylic acids is 1. The minimum atomic E-state index is -0.812. The summed E-state index contributed by atoms with van der Waals surface area (Å²) < 4.78 is 2.73. The minimum absolute atomic E-state index is 0.169. The molecule has 0 bridgehead atoms. The van der Waals surface area contributed by atoms with E-state index in [-0.39, 0.29) is 6.04 Å². The van der Waals surface area contributed by atoms with E-state index in [1.807, 2.05) is 38.1 Å². The molecular weight excluding hydrogens is 334 g/mol. The summed E-state index contributed by atoms with van der Waals surface area (Å²) in [5.74, 6) is -0.610. The molecule has 1 N–H and O–H groups in total. The number of benzene rings is 1. The molecule has 2 aromatic rings. The Labute approximate surface area is 132 Å². The van der Waals surface area contributed by atoms with Crippen molar-refractivity contribution in [3.05, 3.63) is 46.5 Å². The van der Waals surface area contributed by atoms with E-state index in [9.17, 15) is 9.90 Å². The van der Waals surface area contributed by atoms with Crippen LogP contribution in [0.25, 0.3) is 0 Å². The average molecular weight is 352 g/mol. The zero-order valence-electron chi connectivity index (χ0n) is 12.0. The third kappa shape index (κ3) is 4.14. The summed E-state index contributed by atoms with van der Waals surface area (Å²) in [7, 11) is 0. The van der Waals surface area contributed by atoms with E-state index in [1.54, 1.807) is 4.68 Å². The molecule has 6 heteroatoms. The quantitative estimate of drug-likeness (QED) is 0.867. The van der Waals surface area contributed by atoms with Gasteiger partial charge >= 0.3 is 5.97 Å². The molecule has 1 heterocycles. The molecule has 0 spiro atoms. The number of rotatable bonds is 6. The van der Waals surface area contributed by atoms with Crippen molar-refractivity contribution in [2.75, 3.05) is 0 Å². The van der Waals surface area contributed by atoms with Gasteiger partial charge in [-0.1, -0.05) is 28.1 Å². The highest BCUT2D eigenvalue weighted by molar-refractivity contribution is 9.10. The molecule has 0 amide bonds. The summed E-state index contributed by atoms with van der Waals surface area (Å²) in [6.07, 6.45) is 2.33. The second-order valence-corrected chi connectivity index (χ2v) is 6.20. The average Bonchev–Trinajstić information content (AvgIpc) is 2.86. The van der Waals surface area contributed by atoms with E-state index in [4.69, 9.17) is 0 Å². The predicted octanol–water partition coefficient (Wildman–Crippen LogP) is 3.11. The maximum atomic E-state index is 11.5. The summed E-state index contributed by atoms with van der Waals surface area (Å²) in [5, 5.41) is 13.6. The third-order valence-corrected chi connectivity index (χ3v) is 3.78. The Morgan fingerprint density at radius 3 is 2.76 bits per heavy atom. The van der Waals surface area contributed by atoms with Gasteiger partial charge in [0.25, 0.3) is 0 Å². The Bertz CT molecular complexity index is 625. The fourth-order valence-electron chi connectivity index (χ4n) is 2.27. The number of aromatic nitrogens is 3. The summed E-state index contributed by atoms with van der Waals surface area (Å²) in [6, 6.07) is 7.89. The second-order valence-electron chi connectivity index (χ2n) is 5.29. The molecule has 1 unspecified atom stereocenters. The number of aliphatic carboxylic acids is 1. The predicted molar refractivity (Wildman–Crippen MR) is 83.1 cm³/mol. The number of hydrogen-bond acceptors (Lipinski definition) is 3. The lowest BCUT2D eigenvalue weighted by Crippen LogP contribution is -2.22. The molecule has 0 fully saturated rings. The van der Waals surface area contributed by atoms with Crippen LogP contribution in [-0.4, -0.2) is 25.8 Å². The lowest BCUT2D eigenvalue weighted by atomic mass is 9.96. The van der Waals surface area contributed by atoms with Gasteiger partial charge in [0, 0.05) is 16.9 Å². The zero-order chi connectivity index (χ0) is 15.4. The molecule has 21 heavy (non-hydrogen) atoms. The fourth-order valence-corrected chi connectivity index (χ4v) is 2.71. The SMILES string of the molecule is CC(C)n1ncnc1CC(Cc1cccc(Br)c1)C(=O)O. The molecule has 0 radical (unpaired) electrons. The monoisotopic (exact) mass is 351 g/mol. The maximum absolute atomic E-state index is 11.5. The van der Waals surface area contributed by atoms with Crippen LogP contribution in [0, 0.1) is 5.92 Å². The number of halogens is 1. The molecule has 0 saturated heterocycles. The van der Waals surface area contributed by atoms with Crippen molar-refractivity contribution in [3.8, 4) is 0 Å². The van der Waals surface area contributed by atoms with Gasteiger partial charge in [0.15, 0.2) is 0 Å². The highest BCUT2D eigenvalue weighted by Crippen LogP contribution is 2.18. The molecule has 0 saturated carbocycles. The van der Waals surface area contributed by atoms with Crippen LogP contribution >= 0.6 is 15.9 Å². The first-order chi connectivity index (χ1) is 9.97. The Hall–Kier alpha value is -1.69. The second kappa shape index (κ2) is 6.85. The van der Waals surface area contributed by atoms with Crippen LogP contribution in [0.3, 0.4) is 0 Å². The van der Waals surface area contributed by atoms with E-state index >= 15 is 0 Å². The Balaban J connectivity index is 2.16. The van der Waals surface area contributed by atoms with Crippen molar-refractivity contribution < 1.29 is 9.90 Å². The first-order valence-corrected chi connectivity index (χ1v) is 7.62. The lowest BCUT2D eigenvalue weighted by Gasteiger charge is -2.14. The molecule has 112 valence electrons. The van der Waals surface area contributed by atoms with Crippen molar-refractivity contribution in [2.45, 2.75) is 32.7 Å². The van der Waals surface area contributed by atoms with Crippen LogP contribution in [-0.2, 0) is 17.6 Å². The first-order valence-electron chi connectivity index (χ1n) is 6.83. The van der Waals surface area contributed by atoms with Crippen molar-refractivity contribution in [1.29, 1.82) is 0 Å². The number of hydrogen-bond donors (Lipinski definition) is 1. The highest BCUT2D eigenvalue weighted by atomic mass is 79.9. The van der Waals surface area contributed by atoms with Crippen LogP contribution in [0.4, 0.5) is 0 Å². The van der Waals surface area contributed by atoms with E-state index in [2.05, 4.69) is 26.0 Å². The van der Waals surface area contributed by atoms with Gasteiger partial charge in [-0.25, -0.2) is 9.67 Å². The van der Waals surface area contributed by atoms with Crippen molar-refractivity contribution in [2.24, 2.45) is 5.92 Å². The Kier molecular flexibility index (Phi) is 5.12. The van der Waals surface area contributed by atoms with Crippen LogP contribution < -0.4 is 0 Å². The van der Waals surface area contributed by atoms with Crippen LogP contribution in [0.1, 0.15) is 31.3 Å². The van der Waals surface area contributed by atoms with Gasteiger partial charge in [-0.3, -0.25) is 4.79 Å². The molecule has 0 aliphatic carbocycles. The van der Waals surface area contributed by atoms with Crippen molar-refractivity contribution in [3.63, 3.8) is 0 Å². The summed E-state index contributed by atoms with van der Waals surface area (Å²) in [5.41, 5.74) is 0.993. The van der Waals surface area contributed by atoms with Gasteiger partial charge in [0.05, 0.1) is 5.92 Å². The van der Waals surface area contributed by atoms with Crippen molar-refractivity contribution >= 4 is 21.9 Å². The number of nitrogens with zero attached hydrogens (tertiary/aromatic N) is 3. The summed E-state index contributed by atoms with van der Waals surface area (Å²) in [4.78, 5) is 15.7. The maximum Gasteiger partial charge on any atom is 0.307 e. The smallest absolute Gasteiger partial charge is 0.307 e. The van der Waals surface area contributed by atoms with Crippen LogP contribution in [0.2, 0.25) is 0 Å². The van der Waals surface area contributed by atoms with Gasteiger partial charge in [0.1, 0.15) is 12.2 Å². The molecule has 0 aliphatic rings. The topological polar surface area (TPSA) is 68.0 Å². The molecule has 0 aliphatic heterocycles. The zero-order valence-corrected chi connectivity index (χ0v) is 13.6. The third-order valence-electron chi connectivity index (χ3n) is 3.29. The number of carboxylic acid groups (broad SMARTS) is 1. The largest absolute Gasteiger partial charge is 0.481 e. The van der Waals surface area contributed by atoms with Crippen molar-refractivity contribution in [1.82, 2.24) is 14.8 Å². The summed E-state index contributed by atoms with van der Waals surface area (Å²) >= 11 is 3.41. The molecular formula is C15H18BrN3O2. The molecule has 5 nitrogen and oxygen atoms in total. The van der Waals surface area contributed by atoms with Gasteiger partial charge in [0.2, 0.25) is 0 Å². The van der Waals surface area contributed by atoms with Crippen LogP contribution in [0.5, 0.6) is 0 Å². The number of carbonyl (C=O) groups is 1. The van der Waals surface area contributed by atoms with E-state index in [0.29, 0.717) is 18.7 Å². The molecule has 2 rings (SSSR count). The standard InChI is InChI=1S/C15H18BrN3O2/c1-10(2)19-14(17-9-18-19)8-12(15(20)21)6-11-4-3-5-13(16)7-11/h3-5,7,9-10,12H,6,8H2,1-2H3,(H,20,21). The Morgan fingerprint density at radius 2 is 2.14 bits per heavy atom. The molecule has 1 aromatic carbocycles. The van der Waals surface area contributed by atoms with Gasteiger partial charge in [-0.15, -0.1) is 0 Å². The normalized spacial score (nSPS) is 12.6. The van der Waals surface area contributed by atoms with Crippen LogP contribution in [0.15, 0.2) is 35.1 Å². The Morgan fingerprint density at radius 1 is 1.38 bits per heavy atom. The van der Waals surface area contributed by atoms with E-state index < -0.39 is 11.9 Å². The van der Waals surface area contributed by atoms with Gasteiger partial charge < -0.3 is 5.11 Å². The van der Waals surface area contributed by atoms with Gasteiger partial charge in [-0.05, 0) is 38.0 Å². The lowest BCUT2D eigenvalue weighted by molar-refractivity contribution is -0.141. The molecule has 1 atom stereocenters. The highest BCUT2D eigenvalue weighted by Gasteiger charge is 2.22. The fraction of sp³-hybridized carbons (Fsp3) is 0.400. The van der Waals surface area contributed by atoms with Gasteiger partial charge in [-0.2, -0.15) is 5.10 Å². The molecule has 1 aromatic heterocycles. The summed E-state index contributed by atoms with van der Waals surface area (Å²) in [6.45, 7) is 4.00. The van der Waals surface area contributed by atoms with E-state index in [1.165, 1.54) is 6.33 Å². The first kappa shape index (κ1) is 15.7. The van der Waals surface area contributed by atoms with E-state index in [0.717, 1.165) is 10.0 Å². The minimum Gasteiger partial charge on any atom is -0.481 e.